The number of hydrogen-bond donors (Lipinski definition) is 0. The Labute approximate surface area is 84.3 Å². The van der Waals surface area contributed by atoms with Crippen molar-refractivity contribution in [2.75, 3.05) is 55.4 Å². The van der Waals surface area contributed by atoms with Crippen molar-refractivity contribution < 1.29 is 8.97 Å². The predicted octanol–water partition coefficient (Wildman–Crippen LogP) is 1.42. The molecule has 0 rings (SSSR count). The van der Waals surface area contributed by atoms with Crippen LogP contribution < -0.4 is 0 Å². The van der Waals surface area contributed by atoms with Gasteiger partial charge in [-0.25, -0.2) is 0 Å². The van der Waals surface area contributed by atoms with Crippen LogP contribution in [-0.2, 0) is 0 Å². The van der Waals surface area contributed by atoms with Crippen LogP contribution >= 0.6 is 0 Å². The Morgan fingerprint density at radius 2 is 0.923 bits per heavy atom. The monoisotopic (exact) mass is 188 g/mol. The van der Waals surface area contributed by atoms with Gasteiger partial charge in [-0.3, -0.25) is 0 Å². The lowest BCUT2D eigenvalue weighted by molar-refractivity contribution is -0.901. The van der Waals surface area contributed by atoms with Gasteiger partial charge in [-0.1, -0.05) is 0 Å². The standard InChI is InChI=1S/C11H28N2/c1-11(2,9-12(3,4)5)10-13(6,7)8/h9-10H2,1-8H3/q+2. The van der Waals surface area contributed by atoms with Crippen molar-refractivity contribution in [3.8, 4) is 0 Å². The summed E-state index contributed by atoms with van der Waals surface area (Å²) in [5, 5.41) is 0. The van der Waals surface area contributed by atoms with E-state index in [1.165, 1.54) is 13.1 Å². The first-order valence-electron chi connectivity index (χ1n) is 5.02. The number of rotatable bonds is 4. The zero-order valence-corrected chi connectivity index (χ0v) is 10.8. The van der Waals surface area contributed by atoms with Crippen LogP contribution in [0.4, 0.5) is 0 Å². The zero-order valence-electron chi connectivity index (χ0n) is 10.8. The summed E-state index contributed by atoms with van der Waals surface area (Å²) >= 11 is 0. The Kier molecular flexibility index (Phi) is 3.56. The summed E-state index contributed by atoms with van der Waals surface area (Å²) in [6, 6.07) is 0. The average Bonchev–Trinajstić information content (AvgIpc) is 1.43. The molecule has 0 bridgehead atoms. The second-order valence-electron chi connectivity index (χ2n) is 7.06. The summed E-state index contributed by atoms with van der Waals surface area (Å²) in [6.45, 7) is 7.17. The molecule has 0 aliphatic rings. The summed E-state index contributed by atoms with van der Waals surface area (Å²) < 4.78 is 2.10. The average molecular weight is 188 g/mol. The Hall–Kier alpha value is -0.0800. The molecule has 0 saturated heterocycles. The van der Waals surface area contributed by atoms with Crippen LogP contribution in [0.2, 0.25) is 0 Å². The molecular formula is C11H28N2+2. The minimum absolute atomic E-state index is 0.413. The van der Waals surface area contributed by atoms with E-state index in [2.05, 4.69) is 56.1 Å². The highest BCUT2D eigenvalue weighted by Crippen LogP contribution is 2.21. The second kappa shape index (κ2) is 3.58. The molecule has 2 nitrogen and oxygen atoms in total. The van der Waals surface area contributed by atoms with Gasteiger partial charge in [0.1, 0.15) is 0 Å². The van der Waals surface area contributed by atoms with E-state index in [1.807, 2.05) is 0 Å². The lowest BCUT2D eigenvalue weighted by Crippen LogP contribution is -2.50. The molecule has 0 aromatic carbocycles. The lowest BCUT2D eigenvalue weighted by atomic mass is 9.91. The Balaban J connectivity index is 4.25. The van der Waals surface area contributed by atoms with Gasteiger partial charge in [-0.05, 0) is 13.8 Å². The van der Waals surface area contributed by atoms with Crippen molar-refractivity contribution in [2.45, 2.75) is 13.8 Å². The molecule has 0 radical (unpaired) electrons. The maximum absolute atomic E-state index is 2.36. The van der Waals surface area contributed by atoms with Gasteiger partial charge in [0.25, 0.3) is 0 Å². The van der Waals surface area contributed by atoms with Crippen molar-refractivity contribution >= 4 is 0 Å². The molecule has 0 spiro atoms. The molecule has 0 fully saturated rings. The Bertz CT molecular complexity index is 140. The maximum atomic E-state index is 2.36. The SMILES string of the molecule is CC(C)(C[N+](C)(C)C)C[N+](C)(C)C. The van der Waals surface area contributed by atoms with Crippen molar-refractivity contribution in [1.82, 2.24) is 0 Å². The van der Waals surface area contributed by atoms with Crippen molar-refractivity contribution in [2.24, 2.45) is 5.41 Å². The molecule has 0 unspecified atom stereocenters. The first-order valence-corrected chi connectivity index (χ1v) is 5.02. The normalized spacial score (nSPS) is 14.8. The molecule has 80 valence electrons. The van der Waals surface area contributed by atoms with Gasteiger partial charge in [0, 0.05) is 0 Å². The van der Waals surface area contributed by atoms with Gasteiger partial charge in [-0.2, -0.15) is 0 Å². The van der Waals surface area contributed by atoms with Gasteiger partial charge < -0.3 is 8.97 Å². The molecule has 0 N–H and O–H groups in total. The third-order valence-electron chi connectivity index (χ3n) is 1.80. The molecule has 2 heteroatoms. The third-order valence-corrected chi connectivity index (χ3v) is 1.80. The molecular weight excluding hydrogens is 160 g/mol. The largest absolute Gasteiger partial charge is 0.330 e. The van der Waals surface area contributed by atoms with Crippen LogP contribution in [0, 0.1) is 5.41 Å². The fourth-order valence-corrected chi connectivity index (χ4v) is 2.62. The molecule has 0 aromatic rings. The van der Waals surface area contributed by atoms with Crippen LogP contribution in [0.15, 0.2) is 0 Å². The number of quaternary nitrogens is 2. The summed E-state index contributed by atoms with van der Waals surface area (Å²) in [6.07, 6.45) is 0. The molecule has 13 heavy (non-hydrogen) atoms. The molecule has 0 saturated carbocycles. The van der Waals surface area contributed by atoms with Gasteiger partial charge in [0.15, 0.2) is 0 Å². The molecule has 0 aliphatic heterocycles. The highest BCUT2D eigenvalue weighted by atomic mass is 15.3. The lowest BCUT2D eigenvalue weighted by Gasteiger charge is -2.38. The third kappa shape index (κ3) is 8.26. The smallest absolute Gasteiger partial charge is 0.0886 e. The second-order valence-corrected chi connectivity index (χ2v) is 7.06. The minimum Gasteiger partial charge on any atom is -0.330 e. The van der Waals surface area contributed by atoms with Crippen LogP contribution in [0.25, 0.3) is 0 Å². The highest BCUT2D eigenvalue weighted by Gasteiger charge is 2.31. The van der Waals surface area contributed by atoms with Crippen LogP contribution in [0.3, 0.4) is 0 Å². The maximum Gasteiger partial charge on any atom is 0.0886 e. The van der Waals surface area contributed by atoms with Crippen molar-refractivity contribution in [1.29, 1.82) is 0 Å². The fraction of sp³-hybridized carbons (Fsp3) is 1.00. The molecule has 0 atom stereocenters. The summed E-state index contributed by atoms with van der Waals surface area (Å²) in [4.78, 5) is 0. The molecule has 0 aliphatic carbocycles. The van der Waals surface area contributed by atoms with E-state index < -0.39 is 0 Å². The van der Waals surface area contributed by atoms with Gasteiger partial charge >= 0.3 is 0 Å². The number of nitrogens with zero attached hydrogens (tertiary/aromatic N) is 2. The van der Waals surface area contributed by atoms with E-state index in [0.717, 1.165) is 8.97 Å². The van der Waals surface area contributed by atoms with Crippen LogP contribution in [0.1, 0.15) is 13.8 Å². The van der Waals surface area contributed by atoms with E-state index in [4.69, 9.17) is 0 Å². The van der Waals surface area contributed by atoms with Crippen molar-refractivity contribution in [3.05, 3.63) is 0 Å². The summed E-state index contributed by atoms with van der Waals surface area (Å²) in [7, 11) is 13.6. The predicted molar refractivity (Wildman–Crippen MR) is 59.6 cm³/mol. The van der Waals surface area contributed by atoms with Crippen LogP contribution in [0.5, 0.6) is 0 Å². The first-order chi connectivity index (χ1) is 5.41. The Morgan fingerprint density at radius 1 is 0.692 bits per heavy atom. The quantitative estimate of drug-likeness (QED) is 0.586. The molecule has 0 heterocycles. The van der Waals surface area contributed by atoms with E-state index in [9.17, 15) is 0 Å². The topological polar surface area (TPSA) is 0 Å². The van der Waals surface area contributed by atoms with E-state index in [1.54, 1.807) is 0 Å². The molecule has 0 amide bonds. The first kappa shape index (κ1) is 12.9. The Morgan fingerprint density at radius 3 is 1.08 bits per heavy atom. The van der Waals surface area contributed by atoms with Gasteiger partial charge in [0.05, 0.1) is 60.8 Å². The minimum atomic E-state index is 0.413. The van der Waals surface area contributed by atoms with Gasteiger partial charge in [0.2, 0.25) is 0 Å². The number of hydrogen-bond acceptors (Lipinski definition) is 0. The highest BCUT2D eigenvalue weighted by molar-refractivity contribution is 4.66. The van der Waals surface area contributed by atoms with Crippen molar-refractivity contribution in [3.63, 3.8) is 0 Å². The summed E-state index contributed by atoms with van der Waals surface area (Å²) in [5.74, 6) is 0. The van der Waals surface area contributed by atoms with E-state index in [0.29, 0.717) is 5.41 Å². The van der Waals surface area contributed by atoms with Gasteiger partial charge in [-0.15, -0.1) is 0 Å². The van der Waals surface area contributed by atoms with E-state index in [-0.39, 0.29) is 0 Å². The van der Waals surface area contributed by atoms with E-state index >= 15 is 0 Å². The van der Waals surface area contributed by atoms with Crippen LogP contribution in [-0.4, -0.2) is 64.3 Å². The summed E-state index contributed by atoms with van der Waals surface area (Å²) in [5.41, 5.74) is 0.413. The molecule has 0 aromatic heterocycles. The zero-order chi connectivity index (χ0) is 10.9. The fourth-order valence-electron chi connectivity index (χ4n) is 2.62.